The molecule has 0 amide bonds. The molecular formula is C14H27BrN4. The van der Waals surface area contributed by atoms with E-state index >= 15 is 0 Å². The standard InChI is InChI=1S/C14H27BrN4/c1-6-8-16-12(7-9-18(3)4)10-13-14(15)11(2)17-19(13)5/h12,16H,6-10H2,1-5H3. The molecule has 0 saturated carbocycles. The summed E-state index contributed by atoms with van der Waals surface area (Å²) in [5.74, 6) is 0. The lowest BCUT2D eigenvalue weighted by Crippen LogP contribution is -2.35. The van der Waals surface area contributed by atoms with Crippen molar-refractivity contribution in [2.75, 3.05) is 27.2 Å². The summed E-state index contributed by atoms with van der Waals surface area (Å²) >= 11 is 3.66. The zero-order chi connectivity index (χ0) is 14.4. The summed E-state index contributed by atoms with van der Waals surface area (Å²) in [6, 6.07) is 0.508. The molecule has 5 heteroatoms. The first-order chi connectivity index (χ1) is 8.95. The third kappa shape index (κ3) is 5.24. The Bertz CT molecular complexity index is 387. The Balaban J connectivity index is 2.69. The van der Waals surface area contributed by atoms with Gasteiger partial charge in [0.15, 0.2) is 0 Å². The largest absolute Gasteiger partial charge is 0.314 e. The van der Waals surface area contributed by atoms with Gasteiger partial charge < -0.3 is 10.2 Å². The van der Waals surface area contributed by atoms with Gasteiger partial charge in [0.1, 0.15) is 0 Å². The van der Waals surface area contributed by atoms with Gasteiger partial charge in [-0.1, -0.05) is 6.92 Å². The van der Waals surface area contributed by atoms with Gasteiger partial charge in [-0.25, -0.2) is 0 Å². The van der Waals surface area contributed by atoms with Crippen LogP contribution in [-0.4, -0.2) is 47.9 Å². The third-order valence-electron chi connectivity index (χ3n) is 3.31. The highest BCUT2D eigenvalue weighted by Crippen LogP contribution is 2.22. The van der Waals surface area contributed by atoms with E-state index in [1.807, 2.05) is 18.7 Å². The molecule has 1 heterocycles. The SMILES string of the molecule is CCCNC(CCN(C)C)Cc1c(Br)c(C)nn1C. The summed E-state index contributed by atoms with van der Waals surface area (Å²) in [5.41, 5.74) is 2.35. The minimum absolute atomic E-state index is 0.508. The molecule has 0 aliphatic heterocycles. The summed E-state index contributed by atoms with van der Waals surface area (Å²) < 4.78 is 3.15. The molecule has 0 saturated heterocycles. The molecule has 0 fully saturated rings. The first-order valence-electron chi connectivity index (χ1n) is 7.01. The zero-order valence-corrected chi connectivity index (χ0v) is 14.4. The molecule has 0 bridgehead atoms. The first kappa shape index (κ1) is 16.7. The van der Waals surface area contributed by atoms with Crippen molar-refractivity contribution < 1.29 is 0 Å². The molecule has 1 rings (SSSR count). The predicted octanol–water partition coefficient (Wildman–Crippen LogP) is 2.35. The first-order valence-corrected chi connectivity index (χ1v) is 7.81. The lowest BCUT2D eigenvalue weighted by atomic mass is 10.1. The lowest BCUT2D eigenvalue weighted by Gasteiger charge is -2.21. The molecule has 1 aromatic rings. The third-order valence-corrected chi connectivity index (χ3v) is 4.34. The topological polar surface area (TPSA) is 33.1 Å². The fourth-order valence-corrected chi connectivity index (χ4v) is 2.67. The average Bonchev–Trinajstić information content (AvgIpc) is 2.58. The highest BCUT2D eigenvalue weighted by atomic mass is 79.9. The van der Waals surface area contributed by atoms with Crippen LogP contribution in [0.2, 0.25) is 0 Å². The number of nitrogens with zero attached hydrogens (tertiary/aromatic N) is 3. The van der Waals surface area contributed by atoms with Crippen LogP contribution in [0.5, 0.6) is 0 Å². The van der Waals surface area contributed by atoms with E-state index in [0.717, 1.165) is 36.1 Å². The van der Waals surface area contributed by atoms with E-state index in [9.17, 15) is 0 Å². The van der Waals surface area contributed by atoms with Crippen molar-refractivity contribution in [3.8, 4) is 0 Å². The van der Waals surface area contributed by atoms with Crippen molar-refractivity contribution in [1.82, 2.24) is 20.0 Å². The van der Waals surface area contributed by atoms with Crippen LogP contribution in [0.15, 0.2) is 4.47 Å². The fraction of sp³-hybridized carbons (Fsp3) is 0.786. The van der Waals surface area contributed by atoms with Gasteiger partial charge in [0.25, 0.3) is 0 Å². The molecule has 1 N–H and O–H groups in total. The number of hydrogen-bond donors (Lipinski definition) is 1. The van der Waals surface area contributed by atoms with Crippen LogP contribution in [0.3, 0.4) is 0 Å². The van der Waals surface area contributed by atoms with E-state index in [1.165, 1.54) is 12.1 Å². The van der Waals surface area contributed by atoms with Crippen LogP contribution in [0.25, 0.3) is 0 Å². The molecular weight excluding hydrogens is 304 g/mol. The van der Waals surface area contributed by atoms with Gasteiger partial charge in [-0.3, -0.25) is 4.68 Å². The van der Waals surface area contributed by atoms with Crippen molar-refractivity contribution >= 4 is 15.9 Å². The summed E-state index contributed by atoms with van der Waals surface area (Å²) in [6.07, 6.45) is 3.35. The number of aryl methyl sites for hydroxylation is 2. The van der Waals surface area contributed by atoms with Crippen LogP contribution in [0.4, 0.5) is 0 Å². The minimum Gasteiger partial charge on any atom is -0.314 e. The quantitative estimate of drug-likeness (QED) is 0.794. The van der Waals surface area contributed by atoms with Crippen molar-refractivity contribution in [3.05, 3.63) is 15.9 Å². The van der Waals surface area contributed by atoms with E-state index in [4.69, 9.17) is 0 Å². The smallest absolute Gasteiger partial charge is 0.0738 e. The summed E-state index contributed by atoms with van der Waals surface area (Å²) in [4.78, 5) is 2.24. The van der Waals surface area contributed by atoms with E-state index < -0.39 is 0 Å². The minimum atomic E-state index is 0.508. The van der Waals surface area contributed by atoms with Gasteiger partial charge in [0.05, 0.1) is 15.9 Å². The Hall–Kier alpha value is -0.390. The monoisotopic (exact) mass is 330 g/mol. The van der Waals surface area contributed by atoms with Gasteiger partial charge >= 0.3 is 0 Å². The number of nitrogens with one attached hydrogen (secondary N) is 1. The van der Waals surface area contributed by atoms with Gasteiger partial charge in [0.2, 0.25) is 0 Å². The average molecular weight is 331 g/mol. The van der Waals surface area contributed by atoms with Crippen molar-refractivity contribution in [3.63, 3.8) is 0 Å². The van der Waals surface area contributed by atoms with Crippen molar-refractivity contribution in [2.24, 2.45) is 7.05 Å². The van der Waals surface area contributed by atoms with Gasteiger partial charge in [-0.05, 0) is 62.9 Å². The maximum atomic E-state index is 4.47. The normalized spacial score (nSPS) is 13.2. The van der Waals surface area contributed by atoms with E-state index in [0.29, 0.717) is 6.04 Å². The molecule has 0 aliphatic carbocycles. The van der Waals surface area contributed by atoms with Crippen molar-refractivity contribution in [1.29, 1.82) is 0 Å². The zero-order valence-electron chi connectivity index (χ0n) is 12.8. The van der Waals surface area contributed by atoms with Crippen LogP contribution < -0.4 is 5.32 Å². The van der Waals surface area contributed by atoms with Crippen LogP contribution >= 0.6 is 15.9 Å². The van der Waals surface area contributed by atoms with E-state index in [1.54, 1.807) is 0 Å². The molecule has 1 aromatic heterocycles. The van der Waals surface area contributed by atoms with E-state index in [2.05, 4.69) is 52.3 Å². The Morgan fingerprint density at radius 2 is 2.11 bits per heavy atom. The molecule has 110 valence electrons. The van der Waals surface area contributed by atoms with Crippen molar-refractivity contribution in [2.45, 2.75) is 39.2 Å². The maximum absolute atomic E-state index is 4.47. The van der Waals surface area contributed by atoms with Gasteiger partial charge in [-0.15, -0.1) is 0 Å². The molecule has 1 unspecified atom stereocenters. The van der Waals surface area contributed by atoms with Crippen LogP contribution in [0.1, 0.15) is 31.2 Å². The van der Waals surface area contributed by atoms with Gasteiger partial charge in [0, 0.05) is 19.5 Å². The highest BCUT2D eigenvalue weighted by molar-refractivity contribution is 9.10. The summed E-state index contributed by atoms with van der Waals surface area (Å²) in [7, 11) is 6.28. The highest BCUT2D eigenvalue weighted by Gasteiger charge is 2.16. The Labute approximate surface area is 125 Å². The molecule has 0 aromatic carbocycles. The molecule has 0 spiro atoms. The second-order valence-corrected chi connectivity index (χ2v) is 6.21. The van der Waals surface area contributed by atoms with Crippen LogP contribution in [-0.2, 0) is 13.5 Å². The van der Waals surface area contributed by atoms with Gasteiger partial charge in [-0.2, -0.15) is 5.10 Å². The predicted molar refractivity (Wildman–Crippen MR) is 84.6 cm³/mol. The van der Waals surface area contributed by atoms with E-state index in [-0.39, 0.29) is 0 Å². The van der Waals surface area contributed by atoms with Crippen LogP contribution in [0, 0.1) is 6.92 Å². The summed E-state index contributed by atoms with van der Waals surface area (Å²) in [6.45, 7) is 6.43. The number of halogens is 1. The molecule has 1 atom stereocenters. The fourth-order valence-electron chi connectivity index (χ4n) is 2.17. The maximum Gasteiger partial charge on any atom is 0.0738 e. The lowest BCUT2D eigenvalue weighted by molar-refractivity contribution is 0.353. The Morgan fingerprint density at radius 1 is 1.42 bits per heavy atom. The second-order valence-electron chi connectivity index (χ2n) is 5.42. The molecule has 0 aliphatic rings. The molecule has 4 nitrogen and oxygen atoms in total. The number of hydrogen-bond acceptors (Lipinski definition) is 3. The number of rotatable bonds is 8. The molecule has 0 radical (unpaired) electrons. The Morgan fingerprint density at radius 3 is 2.58 bits per heavy atom. The molecule has 19 heavy (non-hydrogen) atoms. The summed E-state index contributed by atoms with van der Waals surface area (Å²) in [5, 5.41) is 8.12. The number of aromatic nitrogens is 2. The Kier molecular flexibility index (Phi) is 7.04. The second kappa shape index (κ2) is 8.02.